The highest BCUT2D eigenvalue weighted by atomic mass is 16.5. The molecule has 2 aliphatic rings. The van der Waals surface area contributed by atoms with Crippen LogP contribution in [0.1, 0.15) is 40.5 Å². The summed E-state index contributed by atoms with van der Waals surface area (Å²) in [4.78, 5) is 12.3. The molecule has 0 aromatic heterocycles. The van der Waals surface area contributed by atoms with Crippen molar-refractivity contribution in [2.75, 3.05) is 13.1 Å². The predicted molar refractivity (Wildman–Crippen MR) is 71.3 cm³/mol. The van der Waals surface area contributed by atoms with Gasteiger partial charge in [0.25, 0.3) is 0 Å². The smallest absolute Gasteiger partial charge is 0.226 e. The molecule has 2 saturated heterocycles. The van der Waals surface area contributed by atoms with Gasteiger partial charge in [-0.3, -0.25) is 4.79 Å². The van der Waals surface area contributed by atoms with Crippen LogP contribution in [0.5, 0.6) is 0 Å². The van der Waals surface area contributed by atoms with E-state index in [-0.39, 0.29) is 29.6 Å². The Morgan fingerprint density at radius 3 is 2.61 bits per heavy atom. The van der Waals surface area contributed by atoms with Gasteiger partial charge in [0.15, 0.2) is 0 Å². The van der Waals surface area contributed by atoms with E-state index in [1.807, 2.05) is 13.8 Å². The molecule has 0 aromatic rings. The van der Waals surface area contributed by atoms with E-state index in [1.165, 1.54) is 6.42 Å². The van der Waals surface area contributed by atoms with E-state index in [9.17, 15) is 4.79 Å². The van der Waals surface area contributed by atoms with E-state index in [2.05, 4.69) is 24.5 Å². The predicted octanol–water partition coefficient (Wildman–Crippen LogP) is 1.30. The molecule has 0 radical (unpaired) electrons. The molecule has 0 spiro atoms. The van der Waals surface area contributed by atoms with Crippen molar-refractivity contribution in [1.29, 1.82) is 0 Å². The van der Waals surface area contributed by atoms with Gasteiger partial charge >= 0.3 is 0 Å². The molecule has 2 fully saturated rings. The molecule has 1 amide bonds. The third kappa shape index (κ3) is 2.69. The first kappa shape index (κ1) is 13.8. The largest absolute Gasteiger partial charge is 0.374 e. The number of carbonyl (C=O) groups excluding carboxylic acids is 1. The molecule has 2 heterocycles. The molecule has 4 heteroatoms. The highest BCUT2D eigenvalue weighted by molar-refractivity contribution is 5.80. The zero-order valence-corrected chi connectivity index (χ0v) is 12.0. The number of ether oxygens (including phenoxy) is 1. The van der Waals surface area contributed by atoms with Crippen LogP contribution < -0.4 is 10.6 Å². The van der Waals surface area contributed by atoms with Crippen LogP contribution in [0.4, 0.5) is 0 Å². The maximum atomic E-state index is 12.3. The summed E-state index contributed by atoms with van der Waals surface area (Å²) in [5, 5.41) is 6.57. The lowest BCUT2D eigenvalue weighted by Gasteiger charge is -2.26. The normalized spacial score (nSPS) is 44.2. The minimum Gasteiger partial charge on any atom is -0.374 e. The van der Waals surface area contributed by atoms with Crippen molar-refractivity contribution in [3.8, 4) is 0 Å². The molecule has 18 heavy (non-hydrogen) atoms. The minimum absolute atomic E-state index is 0.00926. The van der Waals surface area contributed by atoms with E-state index in [4.69, 9.17) is 4.74 Å². The summed E-state index contributed by atoms with van der Waals surface area (Å²) in [7, 11) is 0. The Hall–Kier alpha value is -0.610. The molecule has 4 nitrogen and oxygen atoms in total. The monoisotopic (exact) mass is 254 g/mol. The quantitative estimate of drug-likeness (QED) is 0.798. The number of carbonyl (C=O) groups is 1. The second-order valence-electron chi connectivity index (χ2n) is 6.24. The highest BCUT2D eigenvalue weighted by Gasteiger charge is 2.42. The Balaban J connectivity index is 1.88. The molecule has 0 aromatic carbocycles. The van der Waals surface area contributed by atoms with Crippen molar-refractivity contribution in [3.63, 3.8) is 0 Å². The maximum absolute atomic E-state index is 12.3. The van der Waals surface area contributed by atoms with Crippen LogP contribution in [0, 0.1) is 11.8 Å². The Kier molecular flexibility index (Phi) is 3.97. The van der Waals surface area contributed by atoms with Gasteiger partial charge in [0.05, 0.1) is 18.1 Å². The molecule has 0 aliphatic carbocycles. The third-order valence-corrected chi connectivity index (χ3v) is 4.65. The first-order chi connectivity index (χ1) is 8.43. The molecule has 104 valence electrons. The summed E-state index contributed by atoms with van der Waals surface area (Å²) in [6.45, 7) is 10.1. The van der Waals surface area contributed by atoms with Crippen LogP contribution in [0.2, 0.25) is 0 Å². The first-order valence-corrected chi connectivity index (χ1v) is 7.11. The molecule has 5 unspecified atom stereocenters. The van der Waals surface area contributed by atoms with E-state index in [0.29, 0.717) is 5.92 Å². The number of hydrogen-bond acceptors (Lipinski definition) is 3. The lowest BCUT2D eigenvalue weighted by atomic mass is 9.88. The summed E-state index contributed by atoms with van der Waals surface area (Å²) in [6.07, 6.45) is 2.54. The molecule has 0 saturated carbocycles. The van der Waals surface area contributed by atoms with Crippen molar-refractivity contribution >= 4 is 5.91 Å². The fourth-order valence-corrected chi connectivity index (χ4v) is 3.23. The van der Waals surface area contributed by atoms with Crippen molar-refractivity contribution in [3.05, 3.63) is 0 Å². The van der Waals surface area contributed by atoms with Gasteiger partial charge in [0.2, 0.25) is 5.91 Å². The standard InChI is InChI=1S/C14H26N2O2/c1-9-10(2)18-11(3)12(9)13(17)15-8-14(4)6-5-7-16-14/h9-12,16H,5-8H2,1-4H3,(H,15,17). The van der Waals surface area contributed by atoms with Gasteiger partial charge in [-0.05, 0) is 46.1 Å². The molecule has 5 atom stereocenters. The SMILES string of the molecule is CC1OC(C)C(C(=O)NCC2(C)CCCN2)C1C. The van der Waals surface area contributed by atoms with Gasteiger partial charge in [-0.2, -0.15) is 0 Å². The van der Waals surface area contributed by atoms with Crippen LogP contribution in [-0.4, -0.2) is 36.7 Å². The Morgan fingerprint density at radius 2 is 2.11 bits per heavy atom. The van der Waals surface area contributed by atoms with Gasteiger partial charge in [0.1, 0.15) is 0 Å². The molecule has 2 N–H and O–H groups in total. The third-order valence-electron chi connectivity index (χ3n) is 4.65. The van der Waals surface area contributed by atoms with E-state index < -0.39 is 0 Å². The number of rotatable bonds is 3. The summed E-state index contributed by atoms with van der Waals surface area (Å²) in [6, 6.07) is 0. The second-order valence-corrected chi connectivity index (χ2v) is 6.24. The number of hydrogen-bond donors (Lipinski definition) is 2. The topological polar surface area (TPSA) is 50.4 Å². The van der Waals surface area contributed by atoms with Crippen LogP contribution in [-0.2, 0) is 9.53 Å². The summed E-state index contributed by atoms with van der Waals surface area (Å²) >= 11 is 0. The van der Waals surface area contributed by atoms with Crippen molar-refractivity contribution in [2.24, 2.45) is 11.8 Å². The van der Waals surface area contributed by atoms with E-state index in [0.717, 1.165) is 19.5 Å². The van der Waals surface area contributed by atoms with Gasteiger partial charge in [-0.15, -0.1) is 0 Å². The fraction of sp³-hybridized carbons (Fsp3) is 0.929. The number of nitrogens with one attached hydrogen (secondary N) is 2. The second kappa shape index (κ2) is 5.17. The Labute approximate surface area is 110 Å². The summed E-state index contributed by atoms with van der Waals surface area (Å²) in [5.41, 5.74) is 0.0766. The van der Waals surface area contributed by atoms with Gasteiger partial charge in [0, 0.05) is 12.1 Å². The maximum Gasteiger partial charge on any atom is 0.226 e. The van der Waals surface area contributed by atoms with Crippen molar-refractivity contribution in [2.45, 2.75) is 58.3 Å². The lowest BCUT2D eigenvalue weighted by molar-refractivity contribution is -0.127. The van der Waals surface area contributed by atoms with Crippen LogP contribution in [0.15, 0.2) is 0 Å². The fourth-order valence-electron chi connectivity index (χ4n) is 3.23. The van der Waals surface area contributed by atoms with Crippen LogP contribution in [0.3, 0.4) is 0 Å². The molecule has 2 rings (SSSR count). The molecule has 0 bridgehead atoms. The van der Waals surface area contributed by atoms with Gasteiger partial charge < -0.3 is 15.4 Å². The number of amides is 1. The zero-order valence-electron chi connectivity index (χ0n) is 12.0. The highest BCUT2D eigenvalue weighted by Crippen LogP contribution is 2.32. The van der Waals surface area contributed by atoms with Gasteiger partial charge in [-0.1, -0.05) is 6.92 Å². The summed E-state index contributed by atoms with van der Waals surface area (Å²) in [5.74, 6) is 0.434. The minimum atomic E-state index is -0.00926. The Bertz CT molecular complexity index is 313. The average Bonchev–Trinajstić information content (AvgIpc) is 2.83. The molecular weight excluding hydrogens is 228 g/mol. The first-order valence-electron chi connectivity index (χ1n) is 7.11. The van der Waals surface area contributed by atoms with E-state index >= 15 is 0 Å². The van der Waals surface area contributed by atoms with Crippen molar-refractivity contribution in [1.82, 2.24) is 10.6 Å². The average molecular weight is 254 g/mol. The van der Waals surface area contributed by atoms with E-state index in [1.54, 1.807) is 0 Å². The van der Waals surface area contributed by atoms with Crippen molar-refractivity contribution < 1.29 is 9.53 Å². The zero-order chi connectivity index (χ0) is 13.3. The van der Waals surface area contributed by atoms with Gasteiger partial charge in [-0.25, -0.2) is 0 Å². The molecule has 2 aliphatic heterocycles. The molecular formula is C14H26N2O2. The lowest BCUT2D eigenvalue weighted by Crippen LogP contribution is -2.49. The summed E-state index contributed by atoms with van der Waals surface area (Å²) < 4.78 is 5.73. The van der Waals surface area contributed by atoms with Crippen LogP contribution in [0.25, 0.3) is 0 Å². The Morgan fingerprint density at radius 1 is 1.39 bits per heavy atom. The van der Waals surface area contributed by atoms with Crippen LogP contribution >= 0.6 is 0 Å².